The summed E-state index contributed by atoms with van der Waals surface area (Å²) in [5.74, 6) is -1.04. The zero-order chi connectivity index (χ0) is 11.0. The van der Waals surface area contributed by atoms with Gasteiger partial charge in [0.05, 0.1) is 19.0 Å². The molecule has 7 heteroatoms. The highest BCUT2D eigenvalue weighted by Gasteiger charge is 2.03. The summed E-state index contributed by atoms with van der Waals surface area (Å²) in [6, 6.07) is 0. The molecule has 0 heterocycles. The fourth-order valence-electron chi connectivity index (χ4n) is 0.526. The molecule has 0 aromatic heterocycles. The van der Waals surface area contributed by atoms with Crippen LogP contribution in [-0.2, 0) is 24.4 Å². The normalized spacial score (nSPS) is 10.9. The van der Waals surface area contributed by atoms with Crippen LogP contribution in [0.2, 0.25) is 0 Å². The van der Waals surface area contributed by atoms with Gasteiger partial charge in [-0.2, -0.15) is 8.42 Å². The largest absolute Gasteiger partial charge is 0.460 e. The molecule has 0 aliphatic heterocycles. The molecule has 1 N–H and O–H groups in total. The number of ether oxygens (including phenoxy) is 2. The standard InChI is InChI=1S/C7H12O6S/c1-2-7(8)13-4-3-12-5-6-14(9,10)11/h2H,1,3-6H2,(H,9,10,11). The smallest absolute Gasteiger partial charge is 0.330 e. The lowest BCUT2D eigenvalue weighted by Gasteiger charge is -2.02. The lowest BCUT2D eigenvalue weighted by atomic mass is 10.6. The van der Waals surface area contributed by atoms with E-state index in [0.29, 0.717) is 0 Å². The Hall–Kier alpha value is -0.920. The number of carbonyl (C=O) groups is 1. The van der Waals surface area contributed by atoms with Crippen molar-refractivity contribution in [3.63, 3.8) is 0 Å². The van der Waals surface area contributed by atoms with Crippen molar-refractivity contribution >= 4 is 16.1 Å². The van der Waals surface area contributed by atoms with Crippen LogP contribution in [0.4, 0.5) is 0 Å². The summed E-state index contributed by atoms with van der Waals surface area (Å²) in [5, 5.41) is 0. The van der Waals surface area contributed by atoms with E-state index in [2.05, 4.69) is 11.3 Å². The molecule has 82 valence electrons. The van der Waals surface area contributed by atoms with Crippen LogP contribution in [0.5, 0.6) is 0 Å². The Morgan fingerprint density at radius 1 is 1.36 bits per heavy atom. The molecular weight excluding hydrogens is 212 g/mol. The summed E-state index contributed by atoms with van der Waals surface area (Å²) in [5.41, 5.74) is 0. The van der Waals surface area contributed by atoms with Crippen LogP contribution < -0.4 is 0 Å². The minimum absolute atomic E-state index is 0.0241. The van der Waals surface area contributed by atoms with Crippen LogP contribution in [0.25, 0.3) is 0 Å². The minimum Gasteiger partial charge on any atom is -0.460 e. The van der Waals surface area contributed by atoms with Gasteiger partial charge in [-0.15, -0.1) is 0 Å². The minimum atomic E-state index is -3.98. The Morgan fingerprint density at radius 2 is 2.00 bits per heavy atom. The van der Waals surface area contributed by atoms with Crippen molar-refractivity contribution in [2.45, 2.75) is 0 Å². The van der Waals surface area contributed by atoms with Crippen LogP contribution in [0.3, 0.4) is 0 Å². The second kappa shape index (κ2) is 6.52. The molecule has 0 spiro atoms. The molecule has 0 saturated carbocycles. The van der Waals surface area contributed by atoms with Gasteiger partial charge >= 0.3 is 5.97 Å². The number of esters is 1. The summed E-state index contributed by atoms with van der Waals surface area (Å²) in [6.07, 6.45) is 1.01. The van der Waals surface area contributed by atoms with Crippen molar-refractivity contribution in [2.24, 2.45) is 0 Å². The van der Waals surface area contributed by atoms with Crippen LogP contribution in [0.15, 0.2) is 12.7 Å². The van der Waals surface area contributed by atoms with Crippen molar-refractivity contribution in [3.8, 4) is 0 Å². The third-order valence-corrected chi connectivity index (χ3v) is 1.81. The molecule has 0 amide bonds. The molecule has 0 atom stereocenters. The number of carbonyl (C=O) groups excluding carboxylic acids is 1. The van der Waals surface area contributed by atoms with Crippen molar-refractivity contribution in [1.29, 1.82) is 0 Å². The van der Waals surface area contributed by atoms with Crippen LogP contribution in [-0.4, -0.2) is 44.5 Å². The Balaban J connectivity index is 3.31. The molecule has 0 unspecified atom stereocenters. The van der Waals surface area contributed by atoms with Gasteiger partial charge in [0.1, 0.15) is 6.61 Å². The lowest BCUT2D eigenvalue weighted by Crippen LogP contribution is -2.14. The van der Waals surface area contributed by atoms with E-state index in [1.54, 1.807) is 0 Å². The van der Waals surface area contributed by atoms with Gasteiger partial charge in [-0.1, -0.05) is 6.58 Å². The zero-order valence-electron chi connectivity index (χ0n) is 7.51. The molecule has 6 nitrogen and oxygen atoms in total. The predicted molar refractivity (Wildman–Crippen MR) is 48.4 cm³/mol. The molecule has 0 bridgehead atoms. The molecule has 0 radical (unpaired) electrons. The molecular formula is C7H12O6S. The summed E-state index contributed by atoms with van der Waals surface area (Å²) in [6.45, 7) is 3.15. The quantitative estimate of drug-likeness (QED) is 0.274. The average Bonchev–Trinajstić information content (AvgIpc) is 2.08. The Bertz CT molecular complexity index is 281. The number of hydrogen-bond acceptors (Lipinski definition) is 5. The average molecular weight is 224 g/mol. The van der Waals surface area contributed by atoms with Gasteiger partial charge < -0.3 is 9.47 Å². The summed E-state index contributed by atoms with van der Waals surface area (Å²) in [7, 11) is -3.98. The maximum absolute atomic E-state index is 10.5. The second-order valence-electron chi connectivity index (χ2n) is 2.27. The molecule has 0 fully saturated rings. The van der Waals surface area contributed by atoms with Gasteiger partial charge in [-0.05, 0) is 0 Å². The van der Waals surface area contributed by atoms with Crippen LogP contribution in [0, 0.1) is 0 Å². The van der Waals surface area contributed by atoms with E-state index >= 15 is 0 Å². The highest BCUT2D eigenvalue weighted by molar-refractivity contribution is 7.85. The van der Waals surface area contributed by atoms with E-state index in [-0.39, 0.29) is 19.8 Å². The first-order valence-electron chi connectivity index (χ1n) is 3.78. The summed E-state index contributed by atoms with van der Waals surface area (Å²) in [4.78, 5) is 10.5. The number of rotatable bonds is 7. The van der Waals surface area contributed by atoms with Crippen LogP contribution >= 0.6 is 0 Å². The first kappa shape index (κ1) is 13.1. The topological polar surface area (TPSA) is 89.9 Å². The lowest BCUT2D eigenvalue weighted by molar-refractivity contribution is -0.139. The van der Waals surface area contributed by atoms with E-state index < -0.39 is 21.8 Å². The van der Waals surface area contributed by atoms with Gasteiger partial charge in [-0.25, -0.2) is 4.79 Å². The maximum Gasteiger partial charge on any atom is 0.330 e. The fraction of sp³-hybridized carbons (Fsp3) is 0.571. The van der Waals surface area contributed by atoms with Crippen molar-refractivity contribution in [2.75, 3.05) is 25.6 Å². The van der Waals surface area contributed by atoms with E-state index in [1.807, 2.05) is 0 Å². The Kier molecular flexibility index (Phi) is 6.09. The molecule has 0 saturated heterocycles. The van der Waals surface area contributed by atoms with Crippen molar-refractivity contribution in [3.05, 3.63) is 12.7 Å². The van der Waals surface area contributed by atoms with E-state index in [0.717, 1.165) is 6.08 Å². The van der Waals surface area contributed by atoms with Gasteiger partial charge in [-0.3, -0.25) is 4.55 Å². The van der Waals surface area contributed by atoms with Crippen molar-refractivity contribution < 1.29 is 27.2 Å². The molecule has 0 aliphatic rings. The van der Waals surface area contributed by atoms with E-state index in [4.69, 9.17) is 9.29 Å². The SMILES string of the molecule is C=CC(=O)OCCOCCS(=O)(=O)O. The van der Waals surface area contributed by atoms with Gasteiger partial charge in [0, 0.05) is 6.08 Å². The fourth-order valence-corrected chi connectivity index (χ4v) is 0.855. The van der Waals surface area contributed by atoms with Crippen LogP contribution in [0.1, 0.15) is 0 Å². The monoisotopic (exact) mass is 224 g/mol. The highest BCUT2D eigenvalue weighted by Crippen LogP contribution is 1.85. The third-order valence-electron chi connectivity index (χ3n) is 1.12. The molecule has 0 rings (SSSR count). The second-order valence-corrected chi connectivity index (χ2v) is 3.84. The Labute approximate surface area is 82.3 Å². The maximum atomic E-state index is 10.5. The summed E-state index contributed by atoms with van der Waals surface area (Å²) < 4.78 is 38.0. The first-order chi connectivity index (χ1) is 6.45. The molecule has 14 heavy (non-hydrogen) atoms. The summed E-state index contributed by atoms with van der Waals surface area (Å²) >= 11 is 0. The zero-order valence-corrected chi connectivity index (χ0v) is 8.33. The highest BCUT2D eigenvalue weighted by atomic mass is 32.2. The van der Waals surface area contributed by atoms with Gasteiger partial charge in [0.15, 0.2) is 0 Å². The first-order valence-corrected chi connectivity index (χ1v) is 5.38. The molecule has 0 aliphatic carbocycles. The van der Waals surface area contributed by atoms with Gasteiger partial charge in [0.25, 0.3) is 10.1 Å². The van der Waals surface area contributed by atoms with E-state index in [9.17, 15) is 13.2 Å². The van der Waals surface area contributed by atoms with Crippen molar-refractivity contribution in [1.82, 2.24) is 0 Å². The van der Waals surface area contributed by atoms with E-state index in [1.165, 1.54) is 0 Å². The predicted octanol–water partition coefficient (Wildman–Crippen LogP) is -0.380. The molecule has 0 aromatic rings. The third kappa shape index (κ3) is 9.17. The Morgan fingerprint density at radius 3 is 2.50 bits per heavy atom. The van der Waals surface area contributed by atoms with Gasteiger partial charge in [0.2, 0.25) is 0 Å². The number of hydrogen-bond donors (Lipinski definition) is 1. The molecule has 0 aromatic carbocycles.